The van der Waals surface area contributed by atoms with Gasteiger partial charge < -0.3 is 9.64 Å². The van der Waals surface area contributed by atoms with Crippen molar-refractivity contribution in [3.05, 3.63) is 34.9 Å². The minimum atomic E-state index is -0.456. The summed E-state index contributed by atoms with van der Waals surface area (Å²) in [4.78, 5) is 28.1. The number of amides is 1. The number of halogens is 1. The number of carbonyl (C=O) groups is 2. The third-order valence-corrected chi connectivity index (χ3v) is 5.64. The van der Waals surface area contributed by atoms with Gasteiger partial charge in [0, 0.05) is 22.9 Å². The lowest BCUT2D eigenvalue weighted by atomic mass is 10.2. The third kappa shape index (κ3) is 4.43. The molecule has 2 rings (SSSR count). The number of ether oxygens (including phenoxy) is 1. The molecule has 0 aliphatic carbocycles. The van der Waals surface area contributed by atoms with Crippen molar-refractivity contribution in [1.29, 1.82) is 0 Å². The number of nitrogens with zero attached hydrogens (tertiary/aromatic N) is 2. The highest BCUT2D eigenvalue weighted by molar-refractivity contribution is 7.99. The molecule has 2 atom stereocenters. The summed E-state index contributed by atoms with van der Waals surface area (Å²) in [5.41, 5.74) is 0.955. The van der Waals surface area contributed by atoms with Crippen LogP contribution in [0.25, 0.3) is 0 Å². The quantitative estimate of drug-likeness (QED) is 0.721. The zero-order valence-corrected chi connectivity index (χ0v) is 15.8. The summed E-state index contributed by atoms with van der Waals surface area (Å²) in [5.74, 6) is 0.550. The fourth-order valence-corrected chi connectivity index (χ4v) is 4.16. The lowest BCUT2D eigenvalue weighted by Crippen LogP contribution is -2.44. The number of carbonyl (C=O) groups excluding carboxylic acids is 2. The molecule has 0 N–H and O–H groups in total. The molecule has 1 fully saturated rings. The van der Waals surface area contributed by atoms with Gasteiger partial charge in [0.15, 0.2) is 0 Å². The predicted molar refractivity (Wildman–Crippen MR) is 97.1 cm³/mol. The minimum Gasteiger partial charge on any atom is -0.465 e. The number of esters is 1. The summed E-state index contributed by atoms with van der Waals surface area (Å²) in [7, 11) is 1.76. The molecule has 0 aromatic heterocycles. The van der Waals surface area contributed by atoms with Crippen LogP contribution in [0, 0.1) is 0 Å². The van der Waals surface area contributed by atoms with Gasteiger partial charge >= 0.3 is 5.97 Å². The van der Waals surface area contributed by atoms with Crippen molar-refractivity contribution in [3.63, 3.8) is 0 Å². The topological polar surface area (TPSA) is 49.9 Å². The van der Waals surface area contributed by atoms with Gasteiger partial charge in [0.1, 0.15) is 11.4 Å². The molecule has 1 aliphatic heterocycles. The van der Waals surface area contributed by atoms with E-state index in [0.717, 1.165) is 11.3 Å². The van der Waals surface area contributed by atoms with Crippen molar-refractivity contribution in [3.8, 4) is 0 Å². The molecule has 5 nitrogen and oxygen atoms in total. The van der Waals surface area contributed by atoms with E-state index in [2.05, 4.69) is 0 Å². The van der Waals surface area contributed by atoms with Gasteiger partial charge in [-0.1, -0.05) is 29.8 Å². The number of thioether (sulfide) groups is 1. The molecule has 1 aromatic rings. The SMILES string of the molecule is CCOC(=O)[C@@H](C)N(C)CC(=O)N1CCS[C@H]1c1ccccc1Cl. The average molecular weight is 371 g/mol. The highest BCUT2D eigenvalue weighted by Crippen LogP contribution is 2.40. The van der Waals surface area contributed by atoms with Crippen molar-refractivity contribution in [2.75, 3.05) is 32.5 Å². The van der Waals surface area contributed by atoms with Crippen molar-refractivity contribution in [2.24, 2.45) is 0 Å². The van der Waals surface area contributed by atoms with Crippen LogP contribution in [-0.4, -0.2) is 60.2 Å². The van der Waals surface area contributed by atoms with E-state index in [-0.39, 0.29) is 23.8 Å². The van der Waals surface area contributed by atoms with Crippen LogP contribution in [0.4, 0.5) is 0 Å². The lowest BCUT2D eigenvalue weighted by Gasteiger charge is -2.28. The van der Waals surface area contributed by atoms with Crippen LogP contribution in [0.15, 0.2) is 24.3 Å². The van der Waals surface area contributed by atoms with E-state index in [1.807, 2.05) is 29.2 Å². The molecule has 132 valence electrons. The number of likely N-dealkylation sites (N-methyl/N-ethyl adjacent to an activating group) is 1. The summed E-state index contributed by atoms with van der Waals surface area (Å²) in [6.07, 6.45) is 0. The van der Waals surface area contributed by atoms with E-state index in [0.29, 0.717) is 18.2 Å². The molecule has 0 radical (unpaired) electrons. The third-order valence-electron chi connectivity index (χ3n) is 4.06. The highest BCUT2D eigenvalue weighted by Gasteiger charge is 2.33. The first-order valence-corrected chi connectivity index (χ1v) is 9.40. The van der Waals surface area contributed by atoms with Gasteiger partial charge in [0.2, 0.25) is 5.91 Å². The normalized spacial score (nSPS) is 18.7. The summed E-state index contributed by atoms with van der Waals surface area (Å²) < 4.78 is 5.01. The number of benzene rings is 1. The van der Waals surface area contributed by atoms with E-state index in [1.54, 1.807) is 37.6 Å². The Hall–Kier alpha value is -1.24. The number of hydrogen-bond donors (Lipinski definition) is 0. The van der Waals surface area contributed by atoms with Gasteiger partial charge in [0.05, 0.1) is 13.2 Å². The molecular weight excluding hydrogens is 348 g/mol. The van der Waals surface area contributed by atoms with Crippen molar-refractivity contribution in [2.45, 2.75) is 25.3 Å². The van der Waals surface area contributed by atoms with E-state index in [1.165, 1.54) is 0 Å². The van der Waals surface area contributed by atoms with Gasteiger partial charge in [-0.3, -0.25) is 14.5 Å². The maximum absolute atomic E-state index is 12.7. The first kappa shape index (κ1) is 19.1. The molecule has 1 heterocycles. The number of hydrogen-bond acceptors (Lipinski definition) is 5. The molecular formula is C17H23ClN2O3S. The Kier molecular flexibility index (Phi) is 6.95. The monoisotopic (exact) mass is 370 g/mol. The van der Waals surface area contributed by atoms with Crippen molar-refractivity contribution < 1.29 is 14.3 Å². The van der Waals surface area contributed by atoms with Crippen molar-refractivity contribution in [1.82, 2.24) is 9.80 Å². The molecule has 24 heavy (non-hydrogen) atoms. The van der Waals surface area contributed by atoms with Crippen LogP contribution in [0.5, 0.6) is 0 Å². The molecule has 0 unspecified atom stereocenters. The zero-order chi connectivity index (χ0) is 17.7. The van der Waals surface area contributed by atoms with Crippen LogP contribution >= 0.6 is 23.4 Å². The molecule has 1 aromatic carbocycles. The molecule has 1 saturated heterocycles. The van der Waals surface area contributed by atoms with Crippen LogP contribution in [0.2, 0.25) is 5.02 Å². The van der Waals surface area contributed by atoms with Crippen LogP contribution in [0.3, 0.4) is 0 Å². The van der Waals surface area contributed by atoms with Gasteiger partial charge in [0.25, 0.3) is 0 Å². The maximum Gasteiger partial charge on any atom is 0.323 e. The predicted octanol–water partition coefficient (Wildman–Crippen LogP) is 2.80. The van der Waals surface area contributed by atoms with E-state index in [9.17, 15) is 9.59 Å². The number of rotatable bonds is 6. The average Bonchev–Trinajstić information content (AvgIpc) is 3.04. The molecule has 7 heteroatoms. The molecule has 1 amide bonds. The van der Waals surface area contributed by atoms with E-state index < -0.39 is 6.04 Å². The molecule has 0 bridgehead atoms. The van der Waals surface area contributed by atoms with Gasteiger partial charge in [-0.2, -0.15) is 0 Å². The first-order valence-electron chi connectivity index (χ1n) is 7.98. The van der Waals surface area contributed by atoms with E-state index in [4.69, 9.17) is 16.3 Å². The smallest absolute Gasteiger partial charge is 0.323 e. The van der Waals surface area contributed by atoms with Gasteiger partial charge in [-0.05, 0) is 27.0 Å². The summed E-state index contributed by atoms with van der Waals surface area (Å²) in [6, 6.07) is 7.15. The lowest BCUT2D eigenvalue weighted by molar-refractivity contribution is -0.149. The first-order chi connectivity index (χ1) is 11.5. The van der Waals surface area contributed by atoms with E-state index >= 15 is 0 Å². The Labute approximate surface area is 152 Å². The Morgan fingerprint density at radius 3 is 2.83 bits per heavy atom. The Morgan fingerprint density at radius 2 is 2.17 bits per heavy atom. The Bertz CT molecular complexity index is 599. The highest BCUT2D eigenvalue weighted by atomic mass is 35.5. The van der Waals surface area contributed by atoms with Crippen molar-refractivity contribution >= 4 is 35.2 Å². The zero-order valence-electron chi connectivity index (χ0n) is 14.2. The van der Waals surface area contributed by atoms with Crippen LogP contribution in [0.1, 0.15) is 24.8 Å². The van der Waals surface area contributed by atoms with Crippen LogP contribution in [-0.2, 0) is 14.3 Å². The Morgan fingerprint density at radius 1 is 1.46 bits per heavy atom. The minimum absolute atomic E-state index is 0.0106. The standard InChI is InChI=1S/C17H23ClN2O3S/c1-4-23-17(22)12(2)19(3)11-15(21)20-9-10-24-16(20)13-7-5-6-8-14(13)18/h5-8,12,16H,4,9-11H2,1-3H3/t12-,16+/m1/s1. The second-order valence-corrected chi connectivity index (χ2v) is 7.27. The second kappa shape index (κ2) is 8.74. The molecule has 1 aliphatic rings. The van der Waals surface area contributed by atoms with Gasteiger partial charge in [-0.25, -0.2) is 0 Å². The fourth-order valence-electron chi connectivity index (χ4n) is 2.54. The van der Waals surface area contributed by atoms with Crippen LogP contribution < -0.4 is 0 Å². The molecule has 0 saturated carbocycles. The molecule has 0 spiro atoms. The summed E-state index contributed by atoms with van der Waals surface area (Å²) >= 11 is 7.99. The largest absolute Gasteiger partial charge is 0.465 e. The summed E-state index contributed by atoms with van der Waals surface area (Å²) in [5, 5.41) is 0.598. The maximum atomic E-state index is 12.7. The fraction of sp³-hybridized carbons (Fsp3) is 0.529. The van der Waals surface area contributed by atoms with Gasteiger partial charge in [-0.15, -0.1) is 11.8 Å². The summed E-state index contributed by atoms with van der Waals surface area (Å²) in [6.45, 7) is 4.70. The second-order valence-electron chi connectivity index (χ2n) is 5.67. The Balaban J connectivity index is 2.03.